The predicted octanol–water partition coefficient (Wildman–Crippen LogP) is 4.22. The van der Waals surface area contributed by atoms with Crippen LogP contribution in [-0.4, -0.2) is 31.4 Å². The lowest BCUT2D eigenvalue weighted by Gasteiger charge is -2.34. The molecule has 0 saturated heterocycles. The Labute approximate surface area is 181 Å². The van der Waals surface area contributed by atoms with E-state index in [9.17, 15) is 10.1 Å². The first-order valence-corrected chi connectivity index (χ1v) is 10.5. The first-order valence-electron chi connectivity index (χ1n) is 10.5. The number of nitriles is 1. The van der Waals surface area contributed by atoms with Crippen LogP contribution < -0.4 is 9.75 Å². The SMILES string of the molecule is COC(=O)c1ccc2c(c1)OCC1C2=NN(c2ccc(C#N)c(C)c2)C1C1CC=CC1. The number of hydrazone groups is 1. The summed E-state index contributed by atoms with van der Waals surface area (Å²) < 4.78 is 11.0. The van der Waals surface area contributed by atoms with Crippen molar-refractivity contribution in [2.75, 3.05) is 18.7 Å². The van der Waals surface area contributed by atoms with Gasteiger partial charge in [0.2, 0.25) is 0 Å². The number of carbonyl (C=O) groups excluding carboxylic acids is 1. The lowest BCUT2D eigenvalue weighted by Crippen LogP contribution is -2.43. The van der Waals surface area contributed by atoms with E-state index in [0.717, 1.165) is 35.4 Å². The van der Waals surface area contributed by atoms with E-state index in [4.69, 9.17) is 14.6 Å². The molecular weight excluding hydrogens is 390 g/mol. The van der Waals surface area contributed by atoms with Gasteiger partial charge in [0.15, 0.2) is 0 Å². The molecule has 3 aliphatic rings. The number of allylic oxidation sites excluding steroid dienone is 2. The summed E-state index contributed by atoms with van der Waals surface area (Å²) in [4.78, 5) is 11.9. The third-order valence-corrected chi connectivity index (χ3v) is 6.48. The van der Waals surface area contributed by atoms with Gasteiger partial charge in [0.1, 0.15) is 5.75 Å². The highest BCUT2D eigenvalue weighted by Gasteiger charge is 2.46. The molecule has 0 saturated carbocycles. The molecule has 5 rings (SSSR count). The fourth-order valence-corrected chi connectivity index (χ4v) is 4.89. The monoisotopic (exact) mass is 413 g/mol. The van der Waals surface area contributed by atoms with Gasteiger partial charge >= 0.3 is 5.97 Å². The Morgan fingerprint density at radius 3 is 2.74 bits per heavy atom. The van der Waals surface area contributed by atoms with Crippen LogP contribution in [-0.2, 0) is 4.74 Å². The van der Waals surface area contributed by atoms with Gasteiger partial charge in [-0.3, -0.25) is 5.01 Å². The van der Waals surface area contributed by atoms with Crippen LogP contribution in [0.15, 0.2) is 53.7 Å². The normalized spacial score (nSPS) is 21.7. The van der Waals surface area contributed by atoms with Crippen molar-refractivity contribution in [3.05, 3.63) is 70.8 Å². The lowest BCUT2D eigenvalue weighted by molar-refractivity contribution is 0.0600. The number of anilines is 1. The van der Waals surface area contributed by atoms with Crippen LogP contribution in [0.25, 0.3) is 0 Å². The molecule has 2 atom stereocenters. The molecule has 0 N–H and O–H groups in total. The second kappa shape index (κ2) is 7.59. The summed E-state index contributed by atoms with van der Waals surface area (Å²) >= 11 is 0. The number of methoxy groups -OCH3 is 1. The van der Waals surface area contributed by atoms with Gasteiger partial charge in [-0.25, -0.2) is 4.79 Å². The molecule has 2 aromatic rings. The van der Waals surface area contributed by atoms with E-state index in [1.165, 1.54) is 7.11 Å². The van der Waals surface area contributed by atoms with Crippen LogP contribution in [0, 0.1) is 30.1 Å². The van der Waals surface area contributed by atoms with Crippen molar-refractivity contribution in [1.29, 1.82) is 5.26 Å². The molecule has 1 aliphatic carbocycles. The molecule has 0 radical (unpaired) electrons. The highest BCUT2D eigenvalue weighted by Crippen LogP contribution is 2.43. The second-order valence-electron chi connectivity index (χ2n) is 8.25. The Kier molecular flexibility index (Phi) is 4.74. The minimum Gasteiger partial charge on any atom is -0.492 e. The number of benzene rings is 2. The predicted molar refractivity (Wildman–Crippen MR) is 117 cm³/mol. The van der Waals surface area contributed by atoms with Crippen LogP contribution in [0.5, 0.6) is 5.75 Å². The Morgan fingerprint density at radius 2 is 2.03 bits per heavy atom. The summed E-state index contributed by atoms with van der Waals surface area (Å²) in [6.45, 7) is 2.47. The second-order valence-corrected chi connectivity index (χ2v) is 8.25. The summed E-state index contributed by atoms with van der Waals surface area (Å²) in [7, 11) is 1.37. The van der Waals surface area contributed by atoms with Crippen LogP contribution in [0.2, 0.25) is 0 Å². The number of rotatable bonds is 3. The Bertz CT molecular complexity index is 1150. The lowest BCUT2D eigenvalue weighted by atomic mass is 9.81. The molecular formula is C25H23N3O3. The molecule has 0 amide bonds. The molecule has 2 heterocycles. The number of fused-ring (bicyclic) bond motifs is 3. The molecule has 0 aromatic heterocycles. The molecule has 0 spiro atoms. The fraction of sp³-hybridized carbons (Fsp3) is 0.320. The summed E-state index contributed by atoms with van der Waals surface area (Å²) in [5.74, 6) is 0.865. The van der Waals surface area contributed by atoms with E-state index >= 15 is 0 Å². The van der Waals surface area contributed by atoms with Crippen molar-refractivity contribution in [3.8, 4) is 11.8 Å². The summed E-state index contributed by atoms with van der Waals surface area (Å²) in [5.41, 5.74) is 5.00. The van der Waals surface area contributed by atoms with E-state index in [1.54, 1.807) is 12.1 Å². The van der Waals surface area contributed by atoms with Gasteiger partial charge in [0.05, 0.1) is 54.3 Å². The molecule has 6 nitrogen and oxygen atoms in total. The van der Waals surface area contributed by atoms with E-state index < -0.39 is 0 Å². The standard InChI is InChI=1S/C25H23N3O3/c1-15-11-19(9-7-18(15)13-26)28-24(16-5-3-4-6-16)21-14-31-22-12-17(25(29)30-2)8-10-20(22)23(21)27-28/h3-4,7-12,16,21,24H,5-6,14H2,1-2H3. The number of hydrogen-bond donors (Lipinski definition) is 0. The van der Waals surface area contributed by atoms with Crippen LogP contribution >= 0.6 is 0 Å². The summed E-state index contributed by atoms with van der Waals surface area (Å²) in [6, 6.07) is 13.7. The molecule has 0 fully saturated rings. The minimum atomic E-state index is -0.383. The van der Waals surface area contributed by atoms with Crippen molar-refractivity contribution in [2.45, 2.75) is 25.8 Å². The van der Waals surface area contributed by atoms with E-state index in [-0.39, 0.29) is 17.9 Å². The highest BCUT2D eigenvalue weighted by atomic mass is 16.5. The summed E-state index contributed by atoms with van der Waals surface area (Å²) in [6.07, 6.45) is 6.52. The molecule has 6 heteroatoms. The van der Waals surface area contributed by atoms with Gasteiger partial charge in [0, 0.05) is 5.56 Å². The average molecular weight is 413 g/mol. The maximum absolute atomic E-state index is 11.9. The van der Waals surface area contributed by atoms with Gasteiger partial charge in [-0.05, 0) is 67.6 Å². The number of hydrogen-bond acceptors (Lipinski definition) is 6. The quantitative estimate of drug-likeness (QED) is 0.556. The van der Waals surface area contributed by atoms with Crippen molar-refractivity contribution in [3.63, 3.8) is 0 Å². The average Bonchev–Trinajstić information content (AvgIpc) is 3.45. The highest BCUT2D eigenvalue weighted by molar-refractivity contribution is 6.08. The zero-order chi connectivity index (χ0) is 21.5. The molecule has 156 valence electrons. The van der Waals surface area contributed by atoms with Crippen LogP contribution in [0.4, 0.5) is 5.69 Å². The topological polar surface area (TPSA) is 74.9 Å². The Balaban J connectivity index is 1.57. The molecule has 2 aromatic carbocycles. The van der Waals surface area contributed by atoms with Crippen molar-refractivity contribution >= 4 is 17.4 Å². The zero-order valence-electron chi connectivity index (χ0n) is 17.5. The number of carbonyl (C=O) groups is 1. The van der Waals surface area contributed by atoms with Gasteiger partial charge in [-0.1, -0.05) is 12.2 Å². The van der Waals surface area contributed by atoms with Crippen molar-refractivity contribution in [1.82, 2.24) is 0 Å². The number of aryl methyl sites for hydroxylation is 1. The van der Waals surface area contributed by atoms with E-state index in [1.807, 2.05) is 31.2 Å². The van der Waals surface area contributed by atoms with Crippen molar-refractivity contribution in [2.24, 2.45) is 16.9 Å². The minimum absolute atomic E-state index is 0.136. The third kappa shape index (κ3) is 3.17. The molecule has 2 aliphatic heterocycles. The zero-order valence-corrected chi connectivity index (χ0v) is 17.5. The largest absolute Gasteiger partial charge is 0.492 e. The van der Waals surface area contributed by atoms with Crippen molar-refractivity contribution < 1.29 is 14.3 Å². The first kappa shape index (κ1) is 19.4. The van der Waals surface area contributed by atoms with E-state index in [0.29, 0.717) is 29.4 Å². The third-order valence-electron chi connectivity index (χ3n) is 6.48. The summed E-state index contributed by atoms with van der Waals surface area (Å²) in [5, 5.41) is 16.5. The first-order chi connectivity index (χ1) is 15.1. The van der Waals surface area contributed by atoms with Gasteiger partial charge in [-0.2, -0.15) is 10.4 Å². The van der Waals surface area contributed by atoms with Gasteiger partial charge < -0.3 is 9.47 Å². The molecule has 31 heavy (non-hydrogen) atoms. The van der Waals surface area contributed by atoms with Crippen LogP contribution in [0.1, 0.15) is 39.9 Å². The van der Waals surface area contributed by atoms with E-state index in [2.05, 4.69) is 23.2 Å². The Morgan fingerprint density at radius 1 is 1.23 bits per heavy atom. The van der Waals surface area contributed by atoms with Gasteiger partial charge in [0.25, 0.3) is 0 Å². The molecule has 2 unspecified atom stereocenters. The Hall–Kier alpha value is -3.59. The van der Waals surface area contributed by atoms with Gasteiger partial charge in [-0.15, -0.1) is 0 Å². The molecule has 0 bridgehead atoms. The smallest absolute Gasteiger partial charge is 0.337 e. The number of ether oxygens (including phenoxy) is 2. The number of esters is 1. The van der Waals surface area contributed by atoms with Crippen LogP contribution in [0.3, 0.4) is 0 Å². The maximum atomic E-state index is 11.9. The fourth-order valence-electron chi connectivity index (χ4n) is 4.89. The maximum Gasteiger partial charge on any atom is 0.337 e. The number of nitrogens with zero attached hydrogens (tertiary/aromatic N) is 3.